The van der Waals surface area contributed by atoms with Crippen LogP contribution in [0.1, 0.15) is 5.56 Å². The predicted octanol–water partition coefficient (Wildman–Crippen LogP) is 0.201. The van der Waals surface area contributed by atoms with Gasteiger partial charge in [0, 0.05) is 25.1 Å². The summed E-state index contributed by atoms with van der Waals surface area (Å²) < 4.78 is 23.1. The van der Waals surface area contributed by atoms with E-state index in [0.717, 1.165) is 11.8 Å². The van der Waals surface area contributed by atoms with Gasteiger partial charge in [0.25, 0.3) is 5.56 Å². The molecule has 1 aromatic rings. The molecule has 0 saturated heterocycles. The number of sulfone groups is 1. The molecule has 0 aromatic carbocycles. The molecule has 0 aliphatic heterocycles. The standard InChI is InChI=1S/C9H13NO3S/c1-8-3-4-10(9(11)7-8)5-6-14(2,12)13/h3-4,7H,5-6H2,1-2H3. The fourth-order valence-electron chi connectivity index (χ4n) is 1.06. The van der Waals surface area contributed by atoms with Gasteiger partial charge in [0.1, 0.15) is 9.84 Å². The minimum atomic E-state index is -3.01. The van der Waals surface area contributed by atoms with Crippen molar-refractivity contribution in [2.45, 2.75) is 13.5 Å². The first-order valence-electron chi connectivity index (χ1n) is 4.23. The van der Waals surface area contributed by atoms with Crippen molar-refractivity contribution in [1.82, 2.24) is 4.57 Å². The van der Waals surface area contributed by atoms with Gasteiger partial charge >= 0.3 is 0 Å². The largest absolute Gasteiger partial charge is 0.315 e. The van der Waals surface area contributed by atoms with Gasteiger partial charge in [0.2, 0.25) is 0 Å². The molecule has 0 aliphatic rings. The van der Waals surface area contributed by atoms with E-state index in [2.05, 4.69) is 0 Å². The van der Waals surface area contributed by atoms with Gasteiger partial charge in [-0.15, -0.1) is 0 Å². The summed E-state index contributed by atoms with van der Waals surface area (Å²) in [5.41, 5.74) is 0.722. The van der Waals surface area contributed by atoms with E-state index < -0.39 is 9.84 Å². The van der Waals surface area contributed by atoms with Crippen LogP contribution in [-0.4, -0.2) is 25.0 Å². The number of rotatable bonds is 3. The van der Waals surface area contributed by atoms with Gasteiger partial charge in [-0.1, -0.05) is 0 Å². The van der Waals surface area contributed by atoms with E-state index in [0.29, 0.717) is 0 Å². The molecule has 4 nitrogen and oxygen atoms in total. The Morgan fingerprint density at radius 2 is 2.07 bits per heavy atom. The van der Waals surface area contributed by atoms with E-state index in [1.54, 1.807) is 12.3 Å². The predicted molar refractivity (Wildman–Crippen MR) is 55.1 cm³/mol. The number of pyridine rings is 1. The molecule has 0 aliphatic carbocycles. The van der Waals surface area contributed by atoms with Gasteiger partial charge in [0.15, 0.2) is 0 Å². The van der Waals surface area contributed by atoms with Crippen LogP contribution in [0.15, 0.2) is 23.1 Å². The lowest BCUT2D eigenvalue weighted by atomic mass is 10.3. The van der Waals surface area contributed by atoms with Gasteiger partial charge in [0.05, 0.1) is 5.75 Å². The van der Waals surface area contributed by atoms with Crippen LogP contribution in [0.5, 0.6) is 0 Å². The van der Waals surface area contributed by atoms with Crippen molar-refractivity contribution < 1.29 is 8.42 Å². The van der Waals surface area contributed by atoms with Crippen molar-refractivity contribution in [2.24, 2.45) is 0 Å². The maximum atomic E-state index is 11.3. The molecular weight excluding hydrogens is 202 g/mol. The fourth-order valence-corrected chi connectivity index (χ4v) is 1.58. The third-order valence-electron chi connectivity index (χ3n) is 1.85. The molecule has 1 rings (SSSR count). The van der Waals surface area contributed by atoms with Gasteiger partial charge < -0.3 is 4.57 Å². The van der Waals surface area contributed by atoms with Crippen LogP contribution in [-0.2, 0) is 16.4 Å². The molecule has 0 N–H and O–H groups in total. The third-order valence-corrected chi connectivity index (χ3v) is 2.78. The molecule has 0 bridgehead atoms. The smallest absolute Gasteiger partial charge is 0.250 e. The highest BCUT2D eigenvalue weighted by molar-refractivity contribution is 7.90. The van der Waals surface area contributed by atoms with E-state index in [-0.39, 0.29) is 17.9 Å². The summed E-state index contributed by atoms with van der Waals surface area (Å²) in [6.07, 6.45) is 2.77. The topological polar surface area (TPSA) is 56.1 Å². The van der Waals surface area contributed by atoms with Crippen LogP contribution in [0.4, 0.5) is 0 Å². The first-order chi connectivity index (χ1) is 6.38. The summed E-state index contributed by atoms with van der Waals surface area (Å²) in [7, 11) is -3.01. The molecule has 1 aromatic heterocycles. The van der Waals surface area contributed by atoms with Crippen LogP contribution in [0.3, 0.4) is 0 Å². The maximum absolute atomic E-state index is 11.3. The van der Waals surface area contributed by atoms with Crippen LogP contribution in [0, 0.1) is 6.92 Å². The van der Waals surface area contributed by atoms with Crippen molar-refractivity contribution in [3.8, 4) is 0 Å². The molecule has 0 saturated carbocycles. The highest BCUT2D eigenvalue weighted by Crippen LogP contribution is 1.92. The monoisotopic (exact) mass is 215 g/mol. The van der Waals surface area contributed by atoms with Crippen molar-refractivity contribution in [2.75, 3.05) is 12.0 Å². The van der Waals surface area contributed by atoms with E-state index in [4.69, 9.17) is 0 Å². The third kappa shape index (κ3) is 3.33. The first-order valence-corrected chi connectivity index (χ1v) is 6.29. The molecule has 0 unspecified atom stereocenters. The molecule has 0 amide bonds. The fraction of sp³-hybridized carbons (Fsp3) is 0.444. The van der Waals surface area contributed by atoms with E-state index in [1.165, 1.54) is 10.6 Å². The summed E-state index contributed by atoms with van der Waals surface area (Å²) in [5, 5.41) is 0. The second-order valence-corrected chi connectivity index (χ2v) is 5.63. The lowest BCUT2D eigenvalue weighted by Gasteiger charge is -2.04. The summed E-state index contributed by atoms with van der Waals surface area (Å²) in [5.74, 6) is -0.00400. The minimum Gasteiger partial charge on any atom is -0.315 e. The van der Waals surface area contributed by atoms with Gasteiger partial charge in [-0.2, -0.15) is 0 Å². The normalized spacial score (nSPS) is 11.6. The van der Waals surface area contributed by atoms with Crippen molar-refractivity contribution in [1.29, 1.82) is 0 Å². The van der Waals surface area contributed by atoms with Gasteiger partial charge in [-0.25, -0.2) is 8.42 Å². The lowest BCUT2D eigenvalue weighted by Crippen LogP contribution is -2.22. The van der Waals surface area contributed by atoms with E-state index in [9.17, 15) is 13.2 Å². The molecule has 0 fully saturated rings. The second-order valence-electron chi connectivity index (χ2n) is 3.37. The molecule has 14 heavy (non-hydrogen) atoms. The Kier molecular flexibility index (Phi) is 3.10. The van der Waals surface area contributed by atoms with E-state index in [1.807, 2.05) is 6.92 Å². The molecule has 0 atom stereocenters. The molecule has 78 valence electrons. The lowest BCUT2D eigenvalue weighted by molar-refractivity contribution is 0.593. The second kappa shape index (κ2) is 3.96. The Balaban J connectivity index is 2.84. The minimum absolute atomic E-state index is 0.00400. The number of hydrogen-bond donors (Lipinski definition) is 0. The molecule has 0 spiro atoms. The first kappa shape index (κ1) is 11.0. The average Bonchev–Trinajstić information content (AvgIpc) is 2.00. The molecule has 5 heteroatoms. The molecule has 1 heterocycles. The van der Waals surface area contributed by atoms with E-state index >= 15 is 0 Å². The Bertz CT molecular complexity index is 473. The summed E-state index contributed by atoms with van der Waals surface area (Å²) >= 11 is 0. The SMILES string of the molecule is Cc1ccn(CCS(C)(=O)=O)c(=O)c1. The number of aryl methyl sites for hydroxylation is 2. The van der Waals surface area contributed by atoms with Crippen molar-refractivity contribution >= 4 is 9.84 Å². The summed E-state index contributed by atoms with van der Waals surface area (Å²) in [6.45, 7) is 2.04. The van der Waals surface area contributed by atoms with Crippen LogP contribution < -0.4 is 5.56 Å². The number of aromatic nitrogens is 1. The Labute approximate surface area is 83.1 Å². The number of hydrogen-bond acceptors (Lipinski definition) is 3. The highest BCUT2D eigenvalue weighted by Gasteiger charge is 2.03. The van der Waals surface area contributed by atoms with Crippen LogP contribution >= 0.6 is 0 Å². The Hall–Kier alpha value is -1.10. The maximum Gasteiger partial charge on any atom is 0.250 e. The van der Waals surface area contributed by atoms with Crippen molar-refractivity contribution in [3.05, 3.63) is 34.2 Å². The van der Waals surface area contributed by atoms with Crippen LogP contribution in [0.25, 0.3) is 0 Å². The average molecular weight is 215 g/mol. The summed E-state index contributed by atoms with van der Waals surface area (Å²) in [4.78, 5) is 11.3. The van der Waals surface area contributed by atoms with Crippen LogP contribution in [0.2, 0.25) is 0 Å². The Morgan fingerprint density at radius 1 is 1.43 bits per heavy atom. The van der Waals surface area contributed by atoms with Crippen molar-refractivity contribution in [3.63, 3.8) is 0 Å². The van der Waals surface area contributed by atoms with Gasteiger partial charge in [-0.05, 0) is 18.6 Å². The zero-order valence-corrected chi connectivity index (χ0v) is 9.04. The zero-order valence-electron chi connectivity index (χ0n) is 8.23. The zero-order chi connectivity index (χ0) is 10.8. The number of nitrogens with zero attached hydrogens (tertiary/aromatic N) is 1. The Morgan fingerprint density at radius 3 is 2.57 bits per heavy atom. The highest BCUT2D eigenvalue weighted by atomic mass is 32.2. The quantitative estimate of drug-likeness (QED) is 0.724. The van der Waals surface area contributed by atoms with Gasteiger partial charge in [-0.3, -0.25) is 4.79 Å². The summed E-state index contributed by atoms with van der Waals surface area (Å²) in [6, 6.07) is 3.27. The molecular formula is C9H13NO3S. The molecule has 0 radical (unpaired) electrons.